The van der Waals surface area contributed by atoms with E-state index in [4.69, 9.17) is 0 Å². The van der Waals surface area contributed by atoms with Crippen LogP contribution in [0.2, 0.25) is 0 Å². The van der Waals surface area contributed by atoms with Crippen molar-refractivity contribution in [2.24, 2.45) is 0 Å². The van der Waals surface area contributed by atoms with Crippen LogP contribution in [0.5, 0.6) is 0 Å². The molecule has 0 saturated heterocycles. The minimum Gasteiger partial charge on any atom is -0.0757 e. The first-order valence-corrected chi connectivity index (χ1v) is 17.7. The highest BCUT2D eigenvalue weighted by Crippen LogP contribution is 2.40. The van der Waals surface area contributed by atoms with Gasteiger partial charge in [0.15, 0.2) is 0 Å². The predicted octanol–water partition coefficient (Wildman–Crippen LogP) is 12.3. The van der Waals surface area contributed by atoms with Crippen LogP contribution >= 0.6 is 0 Å². The van der Waals surface area contributed by atoms with Crippen molar-refractivity contribution in [2.75, 3.05) is 0 Å². The monoisotopic (exact) mass is 634 g/mol. The Kier molecular flexibility index (Phi) is 6.74. The highest BCUT2D eigenvalue weighted by atomic mass is 14.2. The van der Waals surface area contributed by atoms with Crippen LogP contribution in [0.15, 0.2) is 170 Å². The Hall–Kier alpha value is -6.24. The van der Waals surface area contributed by atoms with Crippen molar-refractivity contribution in [3.05, 3.63) is 180 Å². The quantitative estimate of drug-likeness (QED) is 0.181. The molecule has 234 valence electrons. The summed E-state index contributed by atoms with van der Waals surface area (Å²) in [6.07, 6.45) is 7.05. The first kappa shape index (κ1) is 28.7. The van der Waals surface area contributed by atoms with Crippen molar-refractivity contribution in [2.45, 2.75) is 12.8 Å². The first-order valence-electron chi connectivity index (χ1n) is 17.7. The van der Waals surface area contributed by atoms with Crippen LogP contribution < -0.4 is 10.4 Å². The number of hydrogen-bond donors (Lipinski definition) is 0. The van der Waals surface area contributed by atoms with Gasteiger partial charge in [0.1, 0.15) is 0 Å². The standard InChI is InChI=1S/C50H34/c1-2-16-36-29-37(28-27-33(36)13-1)49-45-21-7-9-23-47(45)50(48-24-10-8-22-46(48)49)40-31-38(43-25-11-17-34-14-3-5-19-41(34)43)30-39(32-40)44-26-12-18-35-15-4-6-20-42(35)44/h1-7,9,11-32H,8,10H2. The van der Waals surface area contributed by atoms with Crippen LogP contribution in [0, 0.1) is 0 Å². The molecule has 0 amide bonds. The maximum atomic E-state index is 2.49. The Morgan fingerprint density at radius 3 is 1.30 bits per heavy atom. The molecule has 0 radical (unpaired) electrons. The van der Waals surface area contributed by atoms with E-state index in [1.54, 1.807) is 0 Å². The molecule has 0 heteroatoms. The van der Waals surface area contributed by atoms with E-state index in [1.807, 2.05) is 0 Å². The molecule has 0 fully saturated rings. The summed E-state index contributed by atoms with van der Waals surface area (Å²) in [5.74, 6) is 0. The molecule has 0 unspecified atom stereocenters. The Morgan fingerprint density at radius 1 is 0.280 bits per heavy atom. The molecular weight excluding hydrogens is 601 g/mol. The highest BCUT2D eigenvalue weighted by molar-refractivity contribution is 6.08. The Balaban J connectivity index is 1.31. The van der Waals surface area contributed by atoms with Gasteiger partial charge in [0.05, 0.1) is 0 Å². The SMILES string of the molecule is C1=c2c(-c3cc(-c4cccc5ccccc45)cc(-c4cccc5ccccc45)c3)c3ccccc3c(-c3ccc4ccccc4c3)c2=CCC1. The van der Waals surface area contributed by atoms with Gasteiger partial charge in [-0.3, -0.25) is 0 Å². The average molecular weight is 635 g/mol. The lowest BCUT2D eigenvalue weighted by atomic mass is 9.84. The molecule has 0 saturated carbocycles. The zero-order chi connectivity index (χ0) is 33.0. The van der Waals surface area contributed by atoms with Gasteiger partial charge in [-0.2, -0.15) is 0 Å². The van der Waals surface area contributed by atoms with Gasteiger partial charge in [0.25, 0.3) is 0 Å². The Labute approximate surface area is 291 Å². The van der Waals surface area contributed by atoms with Crippen LogP contribution in [0.3, 0.4) is 0 Å². The van der Waals surface area contributed by atoms with Gasteiger partial charge in [-0.15, -0.1) is 0 Å². The predicted molar refractivity (Wildman–Crippen MR) is 216 cm³/mol. The van der Waals surface area contributed by atoms with E-state index in [1.165, 1.54) is 98.0 Å². The fourth-order valence-electron chi connectivity index (χ4n) is 8.36. The fraction of sp³-hybridized carbons (Fsp3) is 0.0400. The molecule has 1 aliphatic rings. The van der Waals surface area contributed by atoms with Gasteiger partial charge in [-0.05, 0) is 135 Å². The number of rotatable bonds is 4. The number of fused-ring (bicyclic) bond motifs is 5. The molecule has 0 spiro atoms. The van der Waals surface area contributed by atoms with E-state index in [2.05, 4.69) is 182 Å². The molecule has 0 atom stereocenters. The summed E-state index contributed by atoms with van der Waals surface area (Å²) in [7, 11) is 0. The van der Waals surface area contributed by atoms with Gasteiger partial charge in [-0.25, -0.2) is 0 Å². The summed E-state index contributed by atoms with van der Waals surface area (Å²) in [6, 6.07) is 62.9. The lowest BCUT2D eigenvalue weighted by molar-refractivity contribution is 1.12. The lowest BCUT2D eigenvalue weighted by Gasteiger charge is -2.20. The van der Waals surface area contributed by atoms with Gasteiger partial charge < -0.3 is 0 Å². The molecule has 9 aromatic carbocycles. The zero-order valence-corrected chi connectivity index (χ0v) is 27.7. The Bertz CT molecular complexity index is 2820. The molecule has 0 heterocycles. The third kappa shape index (κ3) is 4.68. The summed E-state index contributed by atoms with van der Waals surface area (Å²) in [6.45, 7) is 0. The molecular formula is C50H34. The van der Waals surface area contributed by atoms with Crippen LogP contribution in [-0.4, -0.2) is 0 Å². The molecule has 10 rings (SSSR count). The molecule has 0 aliphatic heterocycles. The van der Waals surface area contributed by atoms with Gasteiger partial charge in [0.2, 0.25) is 0 Å². The van der Waals surface area contributed by atoms with Crippen LogP contribution in [-0.2, 0) is 0 Å². The average Bonchev–Trinajstić information content (AvgIpc) is 3.19. The summed E-state index contributed by atoms with van der Waals surface area (Å²) >= 11 is 0. The molecule has 0 N–H and O–H groups in total. The zero-order valence-electron chi connectivity index (χ0n) is 27.7. The molecule has 0 aromatic heterocycles. The minimum absolute atomic E-state index is 1.04. The first-order chi connectivity index (χ1) is 24.8. The summed E-state index contributed by atoms with van der Waals surface area (Å²) in [5, 5.41) is 12.9. The second-order valence-corrected chi connectivity index (χ2v) is 13.5. The van der Waals surface area contributed by atoms with Crippen molar-refractivity contribution in [3.8, 4) is 44.5 Å². The Morgan fingerprint density at radius 2 is 0.720 bits per heavy atom. The third-order valence-corrected chi connectivity index (χ3v) is 10.6. The van der Waals surface area contributed by atoms with E-state index in [9.17, 15) is 0 Å². The maximum Gasteiger partial charge on any atom is -0.00293 e. The van der Waals surface area contributed by atoms with Crippen LogP contribution in [0.25, 0.3) is 99.7 Å². The molecule has 9 aromatic rings. The van der Waals surface area contributed by atoms with Crippen LogP contribution in [0.1, 0.15) is 12.8 Å². The van der Waals surface area contributed by atoms with Crippen molar-refractivity contribution in [1.29, 1.82) is 0 Å². The van der Waals surface area contributed by atoms with Gasteiger partial charge in [0, 0.05) is 0 Å². The fourth-order valence-corrected chi connectivity index (χ4v) is 8.36. The summed E-state index contributed by atoms with van der Waals surface area (Å²) in [4.78, 5) is 0. The second-order valence-electron chi connectivity index (χ2n) is 13.5. The third-order valence-electron chi connectivity index (χ3n) is 10.6. The van der Waals surface area contributed by atoms with E-state index in [0.717, 1.165) is 12.8 Å². The van der Waals surface area contributed by atoms with Gasteiger partial charge >= 0.3 is 0 Å². The number of hydrogen-bond acceptors (Lipinski definition) is 0. The summed E-state index contributed by atoms with van der Waals surface area (Å²) in [5.41, 5.74) is 10.2. The maximum absolute atomic E-state index is 2.49. The van der Waals surface area contributed by atoms with E-state index >= 15 is 0 Å². The highest BCUT2D eigenvalue weighted by Gasteiger charge is 2.18. The molecule has 1 aliphatic carbocycles. The van der Waals surface area contributed by atoms with Crippen molar-refractivity contribution in [3.63, 3.8) is 0 Å². The largest absolute Gasteiger partial charge is 0.0757 e. The van der Waals surface area contributed by atoms with E-state index in [-0.39, 0.29) is 0 Å². The molecule has 0 bridgehead atoms. The normalized spacial score (nSPS) is 12.6. The lowest BCUT2D eigenvalue weighted by Crippen LogP contribution is -2.31. The topological polar surface area (TPSA) is 0 Å². The number of benzene rings is 9. The van der Waals surface area contributed by atoms with E-state index in [0.29, 0.717) is 0 Å². The smallest absolute Gasteiger partial charge is 0.00293 e. The van der Waals surface area contributed by atoms with Crippen molar-refractivity contribution in [1.82, 2.24) is 0 Å². The van der Waals surface area contributed by atoms with Crippen molar-refractivity contribution >= 4 is 55.2 Å². The second kappa shape index (κ2) is 11.7. The van der Waals surface area contributed by atoms with E-state index < -0.39 is 0 Å². The van der Waals surface area contributed by atoms with Crippen molar-refractivity contribution < 1.29 is 0 Å². The van der Waals surface area contributed by atoms with Crippen LogP contribution in [0.4, 0.5) is 0 Å². The molecule has 0 nitrogen and oxygen atoms in total. The summed E-state index contributed by atoms with van der Waals surface area (Å²) < 4.78 is 0. The van der Waals surface area contributed by atoms with Gasteiger partial charge in [-0.1, -0.05) is 158 Å². The molecule has 50 heavy (non-hydrogen) atoms. The minimum atomic E-state index is 1.04.